The van der Waals surface area contributed by atoms with Crippen LogP contribution in [0.1, 0.15) is 48.7 Å². The number of hydrogen-bond donors (Lipinski definition) is 1. The summed E-state index contributed by atoms with van der Waals surface area (Å²) in [6.07, 6.45) is 8.04. The van der Waals surface area contributed by atoms with E-state index in [1.807, 2.05) is 24.3 Å². The highest BCUT2D eigenvalue weighted by Crippen LogP contribution is 2.24. The number of methoxy groups -OCH3 is 1. The van der Waals surface area contributed by atoms with Crippen LogP contribution in [0.25, 0.3) is 0 Å². The lowest BCUT2D eigenvalue weighted by Crippen LogP contribution is -2.39. The van der Waals surface area contributed by atoms with Crippen molar-refractivity contribution in [2.24, 2.45) is 0 Å². The van der Waals surface area contributed by atoms with Gasteiger partial charge in [0.05, 0.1) is 19.5 Å². The lowest BCUT2D eigenvalue weighted by molar-refractivity contribution is 0.0945. The van der Waals surface area contributed by atoms with Gasteiger partial charge in [0.15, 0.2) is 0 Å². The Morgan fingerprint density at radius 3 is 2.69 bits per heavy atom. The molecule has 1 fully saturated rings. The molecule has 1 N–H and O–H groups in total. The van der Waals surface area contributed by atoms with E-state index in [4.69, 9.17) is 4.74 Å². The fourth-order valence-corrected chi connectivity index (χ4v) is 3.33. The molecule has 0 saturated carbocycles. The predicted molar refractivity (Wildman–Crippen MR) is 101 cm³/mol. The smallest absolute Gasteiger partial charge is 0.271 e. The first-order chi connectivity index (χ1) is 12.7. The van der Waals surface area contributed by atoms with E-state index >= 15 is 0 Å². The van der Waals surface area contributed by atoms with Gasteiger partial charge in [-0.25, -0.2) is 9.97 Å². The molecule has 1 atom stereocenters. The third-order valence-electron chi connectivity index (χ3n) is 4.88. The van der Waals surface area contributed by atoms with Crippen LogP contribution < -0.4 is 15.0 Å². The number of amides is 1. The largest absolute Gasteiger partial charge is 0.497 e. The minimum absolute atomic E-state index is 0.217. The van der Waals surface area contributed by atoms with Crippen LogP contribution in [-0.4, -0.2) is 35.6 Å². The van der Waals surface area contributed by atoms with E-state index in [1.54, 1.807) is 19.5 Å². The van der Waals surface area contributed by atoms with Crippen molar-refractivity contribution in [3.8, 4) is 5.75 Å². The highest BCUT2D eigenvalue weighted by Gasteiger charge is 2.22. The lowest BCUT2D eigenvalue weighted by Gasteiger charge is -2.35. The molecule has 1 aromatic carbocycles. The molecule has 0 spiro atoms. The zero-order valence-electron chi connectivity index (χ0n) is 15.4. The summed E-state index contributed by atoms with van der Waals surface area (Å²) >= 11 is 0. The minimum atomic E-state index is -0.217. The fraction of sp³-hybridized carbons (Fsp3) is 0.450. The molecule has 1 unspecified atom stereocenters. The second-order valence-electron chi connectivity index (χ2n) is 6.54. The molecule has 6 nitrogen and oxygen atoms in total. The number of nitrogens with zero attached hydrogens (tertiary/aromatic N) is 3. The van der Waals surface area contributed by atoms with Gasteiger partial charge in [-0.3, -0.25) is 4.79 Å². The number of ether oxygens (including phenoxy) is 1. The van der Waals surface area contributed by atoms with E-state index in [-0.39, 0.29) is 5.91 Å². The number of carbonyl (C=O) groups excluding carboxylic acids is 1. The molecule has 0 aliphatic carbocycles. The standard InChI is InChI=1S/C20H26N4O2/c1-3-16-6-4-5-11-24(16)19-14-21-18(13-22-19)20(25)23-12-15-7-9-17(26-2)10-8-15/h7-10,13-14,16H,3-6,11-12H2,1-2H3,(H,23,25). The van der Waals surface area contributed by atoms with Crippen LogP contribution in [0.2, 0.25) is 0 Å². The number of piperidine rings is 1. The monoisotopic (exact) mass is 354 g/mol. The van der Waals surface area contributed by atoms with E-state index in [0.717, 1.165) is 30.1 Å². The van der Waals surface area contributed by atoms with Crippen molar-refractivity contribution < 1.29 is 9.53 Å². The maximum absolute atomic E-state index is 12.3. The maximum Gasteiger partial charge on any atom is 0.271 e. The topological polar surface area (TPSA) is 67.4 Å². The van der Waals surface area contributed by atoms with E-state index in [1.165, 1.54) is 19.3 Å². The van der Waals surface area contributed by atoms with Gasteiger partial charge in [-0.2, -0.15) is 0 Å². The normalized spacial score (nSPS) is 17.0. The molecule has 0 bridgehead atoms. The first-order valence-electron chi connectivity index (χ1n) is 9.21. The molecule has 1 saturated heterocycles. The van der Waals surface area contributed by atoms with Gasteiger partial charge < -0.3 is 15.0 Å². The Morgan fingerprint density at radius 2 is 2.04 bits per heavy atom. The molecule has 138 valence electrons. The second-order valence-corrected chi connectivity index (χ2v) is 6.54. The lowest BCUT2D eigenvalue weighted by atomic mass is 10.0. The van der Waals surface area contributed by atoms with Crippen LogP contribution in [0, 0.1) is 0 Å². The molecule has 3 rings (SSSR count). The number of benzene rings is 1. The Kier molecular flexibility index (Phi) is 6.04. The number of hydrogen-bond acceptors (Lipinski definition) is 5. The van der Waals surface area contributed by atoms with E-state index in [0.29, 0.717) is 18.3 Å². The first kappa shape index (κ1) is 18.2. The molecular formula is C20H26N4O2. The van der Waals surface area contributed by atoms with Crippen LogP contribution >= 0.6 is 0 Å². The summed E-state index contributed by atoms with van der Waals surface area (Å²) in [6, 6.07) is 8.12. The highest BCUT2D eigenvalue weighted by atomic mass is 16.5. The molecule has 0 radical (unpaired) electrons. The molecule has 1 aliphatic rings. The van der Waals surface area contributed by atoms with Gasteiger partial charge in [-0.1, -0.05) is 19.1 Å². The number of aromatic nitrogens is 2. The minimum Gasteiger partial charge on any atom is -0.497 e. The summed E-state index contributed by atoms with van der Waals surface area (Å²) in [5.74, 6) is 1.44. The molecule has 1 amide bonds. The van der Waals surface area contributed by atoms with Gasteiger partial charge >= 0.3 is 0 Å². The van der Waals surface area contributed by atoms with Gasteiger partial charge in [0.2, 0.25) is 0 Å². The van der Waals surface area contributed by atoms with Crippen molar-refractivity contribution in [1.82, 2.24) is 15.3 Å². The molecule has 2 heterocycles. The van der Waals surface area contributed by atoms with Gasteiger partial charge in [-0.15, -0.1) is 0 Å². The molecular weight excluding hydrogens is 328 g/mol. The van der Waals surface area contributed by atoms with Crippen molar-refractivity contribution in [3.05, 3.63) is 47.9 Å². The summed E-state index contributed by atoms with van der Waals surface area (Å²) in [5, 5.41) is 2.88. The number of nitrogens with one attached hydrogen (secondary N) is 1. The van der Waals surface area contributed by atoms with Gasteiger partial charge in [0.25, 0.3) is 5.91 Å². The summed E-state index contributed by atoms with van der Waals surface area (Å²) in [7, 11) is 1.63. The molecule has 26 heavy (non-hydrogen) atoms. The first-order valence-corrected chi connectivity index (χ1v) is 9.21. The summed E-state index contributed by atoms with van der Waals surface area (Å²) < 4.78 is 5.13. The van der Waals surface area contributed by atoms with Crippen molar-refractivity contribution in [1.29, 1.82) is 0 Å². The van der Waals surface area contributed by atoms with Crippen LogP contribution in [0.4, 0.5) is 5.82 Å². The number of rotatable bonds is 6. The predicted octanol–water partition coefficient (Wildman–Crippen LogP) is 3.18. The Morgan fingerprint density at radius 1 is 1.23 bits per heavy atom. The van der Waals surface area contributed by atoms with E-state index < -0.39 is 0 Å². The highest BCUT2D eigenvalue weighted by molar-refractivity contribution is 5.91. The Hall–Kier alpha value is -2.63. The number of anilines is 1. The SMILES string of the molecule is CCC1CCCCN1c1cnc(C(=O)NCc2ccc(OC)cc2)cn1. The van der Waals surface area contributed by atoms with Crippen molar-refractivity contribution in [2.45, 2.75) is 45.2 Å². The second kappa shape index (κ2) is 8.65. The zero-order valence-corrected chi connectivity index (χ0v) is 15.4. The van der Waals surface area contributed by atoms with Crippen molar-refractivity contribution in [2.75, 3.05) is 18.6 Å². The average molecular weight is 354 g/mol. The Labute approximate surface area is 154 Å². The average Bonchev–Trinajstić information content (AvgIpc) is 2.72. The summed E-state index contributed by atoms with van der Waals surface area (Å²) in [6.45, 7) is 3.66. The maximum atomic E-state index is 12.3. The van der Waals surface area contributed by atoms with E-state index in [2.05, 4.69) is 27.1 Å². The molecule has 1 aromatic heterocycles. The molecule has 1 aliphatic heterocycles. The van der Waals surface area contributed by atoms with Crippen LogP contribution in [0.15, 0.2) is 36.7 Å². The fourth-order valence-electron chi connectivity index (χ4n) is 3.33. The molecule has 6 heteroatoms. The summed E-state index contributed by atoms with van der Waals surface area (Å²) in [4.78, 5) is 23.4. The quantitative estimate of drug-likeness (QED) is 0.863. The third kappa shape index (κ3) is 4.31. The third-order valence-corrected chi connectivity index (χ3v) is 4.88. The van der Waals surface area contributed by atoms with Crippen molar-refractivity contribution >= 4 is 11.7 Å². The Balaban J connectivity index is 1.59. The van der Waals surface area contributed by atoms with Crippen LogP contribution in [0.5, 0.6) is 5.75 Å². The number of carbonyl (C=O) groups is 1. The van der Waals surface area contributed by atoms with Gasteiger partial charge in [0.1, 0.15) is 17.3 Å². The van der Waals surface area contributed by atoms with Gasteiger partial charge in [0, 0.05) is 19.1 Å². The van der Waals surface area contributed by atoms with Crippen LogP contribution in [-0.2, 0) is 6.54 Å². The van der Waals surface area contributed by atoms with E-state index in [9.17, 15) is 4.79 Å². The van der Waals surface area contributed by atoms with Gasteiger partial charge in [-0.05, 0) is 43.4 Å². The zero-order chi connectivity index (χ0) is 18.4. The van der Waals surface area contributed by atoms with Crippen LogP contribution in [0.3, 0.4) is 0 Å². The summed E-state index contributed by atoms with van der Waals surface area (Å²) in [5.41, 5.74) is 1.34. The van der Waals surface area contributed by atoms with Crippen molar-refractivity contribution in [3.63, 3.8) is 0 Å². The Bertz CT molecular complexity index is 716. The molecule has 2 aromatic rings.